The number of fused-ring (bicyclic) bond motifs is 1. The number of hydrogen-bond donors (Lipinski definition) is 0. The molecule has 3 aromatic rings. The summed E-state index contributed by atoms with van der Waals surface area (Å²) in [6.07, 6.45) is 3.94. The van der Waals surface area contributed by atoms with E-state index in [4.69, 9.17) is 9.47 Å². The highest BCUT2D eigenvalue weighted by atomic mass is 32.2. The number of benzene rings is 2. The molecule has 31 heavy (non-hydrogen) atoms. The van der Waals surface area contributed by atoms with E-state index in [0.717, 1.165) is 61.5 Å². The van der Waals surface area contributed by atoms with Crippen molar-refractivity contribution in [2.24, 2.45) is 0 Å². The summed E-state index contributed by atoms with van der Waals surface area (Å²) in [7, 11) is -3.29. The first-order valence-electron chi connectivity index (χ1n) is 10.3. The van der Waals surface area contributed by atoms with Crippen molar-refractivity contribution >= 4 is 9.84 Å². The number of rotatable bonds is 6. The summed E-state index contributed by atoms with van der Waals surface area (Å²) >= 11 is 0. The molecule has 3 heterocycles. The predicted octanol–water partition coefficient (Wildman–Crippen LogP) is 3.35. The van der Waals surface area contributed by atoms with E-state index < -0.39 is 9.84 Å². The van der Waals surface area contributed by atoms with Crippen LogP contribution < -0.4 is 9.47 Å². The van der Waals surface area contributed by atoms with Gasteiger partial charge in [-0.25, -0.2) is 13.4 Å². The van der Waals surface area contributed by atoms with Gasteiger partial charge in [0.05, 0.1) is 6.61 Å². The van der Waals surface area contributed by atoms with Crippen LogP contribution in [0.3, 0.4) is 0 Å². The van der Waals surface area contributed by atoms with Crippen LogP contribution in [0.4, 0.5) is 0 Å². The maximum absolute atomic E-state index is 11.5. The van der Waals surface area contributed by atoms with Gasteiger partial charge in [0, 0.05) is 44.1 Å². The molecule has 0 aliphatic carbocycles. The van der Waals surface area contributed by atoms with Gasteiger partial charge in [0.25, 0.3) is 0 Å². The highest BCUT2D eigenvalue weighted by molar-refractivity contribution is 7.90. The van der Waals surface area contributed by atoms with E-state index in [1.165, 1.54) is 17.2 Å². The molecule has 0 unspecified atom stereocenters. The Labute approximate surface area is 182 Å². The molecule has 1 fully saturated rings. The summed E-state index contributed by atoms with van der Waals surface area (Å²) in [4.78, 5) is 6.43. The maximum atomic E-state index is 11.5. The molecule has 0 saturated carbocycles. The van der Waals surface area contributed by atoms with E-state index >= 15 is 0 Å². The zero-order valence-electron chi connectivity index (χ0n) is 17.3. The van der Waals surface area contributed by atoms with Gasteiger partial charge in [0.15, 0.2) is 14.9 Å². The van der Waals surface area contributed by atoms with Crippen molar-refractivity contribution < 1.29 is 17.9 Å². The van der Waals surface area contributed by atoms with Crippen LogP contribution in [0.2, 0.25) is 0 Å². The van der Waals surface area contributed by atoms with Crippen LogP contribution in [0.15, 0.2) is 65.8 Å². The second kappa shape index (κ2) is 7.98. The second-order valence-electron chi connectivity index (χ2n) is 8.16. The Morgan fingerprint density at radius 3 is 2.55 bits per heavy atom. The molecular formula is C24H24N2O4S. The molecule has 0 spiro atoms. The van der Waals surface area contributed by atoms with Gasteiger partial charge in [0.1, 0.15) is 17.6 Å². The number of nitrogens with zero attached hydrogens (tertiary/aromatic N) is 2. The molecule has 2 aliphatic heterocycles. The predicted molar refractivity (Wildman–Crippen MR) is 118 cm³/mol. The number of ether oxygens (including phenoxy) is 2. The first-order chi connectivity index (χ1) is 14.9. The maximum Gasteiger partial charge on any atom is 0.192 e. The highest BCUT2D eigenvalue weighted by Gasteiger charge is 2.28. The minimum absolute atomic E-state index is 0.0824. The van der Waals surface area contributed by atoms with Gasteiger partial charge in [-0.2, -0.15) is 0 Å². The largest absolute Gasteiger partial charge is 0.493 e. The van der Waals surface area contributed by atoms with Gasteiger partial charge in [-0.05, 0) is 47.0 Å². The summed E-state index contributed by atoms with van der Waals surface area (Å²) in [5.41, 5.74) is 4.47. The zero-order chi connectivity index (χ0) is 21.4. The third kappa shape index (κ3) is 4.43. The Balaban J connectivity index is 1.14. The molecular weight excluding hydrogens is 412 g/mol. The van der Waals surface area contributed by atoms with Crippen LogP contribution in [-0.2, 0) is 22.8 Å². The topological polar surface area (TPSA) is 68.7 Å². The quantitative estimate of drug-likeness (QED) is 0.590. The molecule has 7 heteroatoms. The van der Waals surface area contributed by atoms with Gasteiger partial charge >= 0.3 is 0 Å². The molecule has 5 rings (SSSR count). The fourth-order valence-corrected chi connectivity index (χ4v) is 4.57. The van der Waals surface area contributed by atoms with Gasteiger partial charge < -0.3 is 9.47 Å². The third-order valence-corrected chi connectivity index (χ3v) is 6.69. The van der Waals surface area contributed by atoms with Crippen LogP contribution in [0, 0.1) is 0 Å². The fourth-order valence-electron chi connectivity index (χ4n) is 4.01. The summed E-state index contributed by atoms with van der Waals surface area (Å²) in [6.45, 7) is 3.54. The van der Waals surface area contributed by atoms with Gasteiger partial charge in [-0.1, -0.05) is 24.3 Å². The molecule has 1 saturated heterocycles. The van der Waals surface area contributed by atoms with E-state index in [9.17, 15) is 8.42 Å². The van der Waals surface area contributed by atoms with Crippen LogP contribution in [0.5, 0.6) is 11.5 Å². The number of pyridine rings is 1. The summed E-state index contributed by atoms with van der Waals surface area (Å²) in [5.74, 6) is 1.86. The number of sulfone groups is 1. The van der Waals surface area contributed by atoms with E-state index in [0.29, 0.717) is 0 Å². The molecule has 0 atom stereocenters. The lowest BCUT2D eigenvalue weighted by molar-refractivity contribution is 0.0146. The van der Waals surface area contributed by atoms with Crippen molar-refractivity contribution in [1.29, 1.82) is 0 Å². The molecule has 0 radical (unpaired) electrons. The molecule has 0 amide bonds. The number of likely N-dealkylation sites (tertiary alicyclic amines) is 1. The Morgan fingerprint density at radius 2 is 1.84 bits per heavy atom. The van der Waals surface area contributed by atoms with Gasteiger partial charge in [-0.15, -0.1) is 0 Å². The molecule has 1 aromatic heterocycles. The summed E-state index contributed by atoms with van der Waals surface area (Å²) in [6, 6.07) is 17.6. The van der Waals surface area contributed by atoms with Crippen LogP contribution in [-0.4, -0.2) is 50.4 Å². The normalized spacial score (nSPS) is 16.4. The van der Waals surface area contributed by atoms with Gasteiger partial charge in [-0.3, -0.25) is 4.90 Å². The minimum atomic E-state index is -3.29. The lowest BCUT2D eigenvalue weighted by atomic mass is 10.1. The van der Waals surface area contributed by atoms with Gasteiger partial charge in [0.2, 0.25) is 0 Å². The SMILES string of the molecule is CS(=O)(=O)c1ccc(-c2ccc(OC3CN(Cc4ccc5c(c4)CCO5)C3)cc2)cn1. The average molecular weight is 437 g/mol. The van der Waals surface area contributed by atoms with Crippen molar-refractivity contribution in [3.8, 4) is 22.6 Å². The highest BCUT2D eigenvalue weighted by Crippen LogP contribution is 2.28. The average Bonchev–Trinajstić information content (AvgIpc) is 3.20. The van der Waals surface area contributed by atoms with Crippen LogP contribution in [0.1, 0.15) is 11.1 Å². The van der Waals surface area contributed by atoms with Crippen molar-refractivity contribution in [3.05, 3.63) is 71.9 Å². The number of aromatic nitrogens is 1. The van der Waals surface area contributed by atoms with Crippen LogP contribution >= 0.6 is 0 Å². The first-order valence-corrected chi connectivity index (χ1v) is 12.2. The van der Waals surface area contributed by atoms with Crippen molar-refractivity contribution in [3.63, 3.8) is 0 Å². The lowest BCUT2D eigenvalue weighted by Gasteiger charge is -2.39. The monoisotopic (exact) mass is 436 g/mol. The van der Waals surface area contributed by atoms with Crippen LogP contribution in [0.25, 0.3) is 11.1 Å². The second-order valence-corrected chi connectivity index (χ2v) is 10.1. The fraction of sp³-hybridized carbons (Fsp3) is 0.292. The Hall–Kier alpha value is -2.90. The summed E-state index contributed by atoms with van der Waals surface area (Å²) < 4.78 is 34.8. The third-order valence-electron chi connectivity index (χ3n) is 5.69. The Bertz CT molecular complexity index is 1190. The minimum Gasteiger partial charge on any atom is -0.493 e. The zero-order valence-corrected chi connectivity index (χ0v) is 18.1. The molecule has 0 bridgehead atoms. The standard InChI is InChI=1S/C24H24N2O4S/c1-31(27,28)24-9-5-20(13-25-24)18-3-6-21(7-4-18)30-22-15-26(16-22)14-17-2-8-23-19(12-17)10-11-29-23/h2-9,12-13,22H,10-11,14-16H2,1H3. The molecule has 2 aliphatic rings. The van der Waals surface area contributed by atoms with Crippen molar-refractivity contribution in [2.75, 3.05) is 26.0 Å². The van der Waals surface area contributed by atoms with E-state index in [1.807, 2.05) is 24.3 Å². The number of hydrogen-bond acceptors (Lipinski definition) is 6. The Kier molecular flexibility index (Phi) is 5.16. The summed E-state index contributed by atoms with van der Waals surface area (Å²) in [5, 5.41) is 0.0824. The first kappa shape index (κ1) is 20.0. The van der Waals surface area contributed by atoms with E-state index in [-0.39, 0.29) is 11.1 Å². The van der Waals surface area contributed by atoms with E-state index in [1.54, 1.807) is 12.3 Å². The van der Waals surface area contributed by atoms with Crippen molar-refractivity contribution in [1.82, 2.24) is 9.88 Å². The van der Waals surface area contributed by atoms with E-state index in [2.05, 4.69) is 28.1 Å². The van der Waals surface area contributed by atoms with Crippen molar-refractivity contribution in [2.45, 2.75) is 24.1 Å². The molecule has 6 nitrogen and oxygen atoms in total. The smallest absolute Gasteiger partial charge is 0.192 e. The lowest BCUT2D eigenvalue weighted by Crippen LogP contribution is -2.53. The molecule has 0 N–H and O–H groups in total. The molecule has 2 aromatic carbocycles. The molecule has 160 valence electrons. The Morgan fingerprint density at radius 1 is 1.06 bits per heavy atom.